The number of esters is 1. The molecule has 8 heteroatoms. The Morgan fingerprint density at radius 3 is 2.67 bits per heavy atom. The monoisotopic (exact) mass is 369 g/mol. The van der Waals surface area contributed by atoms with Gasteiger partial charge in [0.2, 0.25) is 0 Å². The molecule has 27 heavy (non-hydrogen) atoms. The standard InChI is InChI=1S/C19H19N3O5/c1-4-27-19(24)14-11-20-22-9-8-12(10-15(14)22)21-18(23)13-6-5-7-16(25-2)17(13)26-3/h5-11H,4H2,1-3H3,(H,21,23). The summed E-state index contributed by atoms with van der Waals surface area (Å²) in [6.07, 6.45) is 3.08. The van der Waals surface area contributed by atoms with Crippen molar-refractivity contribution in [3.05, 3.63) is 53.9 Å². The highest BCUT2D eigenvalue weighted by Crippen LogP contribution is 2.31. The minimum absolute atomic E-state index is 0.266. The maximum atomic E-state index is 12.7. The topological polar surface area (TPSA) is 91.2 Å². The van der Waals surface area contributed by atoms with Crippen LogP contribution in [0.1, 0.15) is 27.6 Å². The van der Waals surface area contributed by atoms with Crippen LogP contribution in [0.2, 0.25) is 0 Å². The van der Waals surface area contributed by atoms with Gasteiger partial charge < -0.3 is 19.5 Å². The Bertz CT molecular complexity index is 996. The summed E-state index contributed by atoms with van der Waals surface area (Å²) in [5.74, 6) is -0.0334. The third-order valence-electron chi connectivity index (χ3n) is 3.92. The smallest absolute Gasteiger partial charge is 0.341 e. The number of hydrogen-bond donors (Lipinski definition) is 1. The number of fused-ring (bicyclic) bond motifs is 1. The molecule has 0 atom stereocenters. The van der Waals surface area contributed by atoms with Crippen LogP contribution in [0.15, 0.2) is 42.7 Å². The maximum Gasteiger partial charge on any atom is 0.341 e. The fraction of sp³-hybridized carbons (Fsp3) is 0.211. The lowest BCUT2D eigenvalue weighted by molar-refractivity contribution is 0.0528. The van der Waals surface area contributed by atoms with E-state index in [1.165, 1.54) is 24.9 Å². The van der Waals surface area contributed by atoms with Gasteiger partial charge in [-0.3, -0.25) is 4.79 Å². The van der Waals surface area contributed by atoms with E-state index in [1.807, 2.05) is 0 Å². The van der Waals surface area contributed by atoms with Crippen LogP contribution in [-0.4, -0.2) is 42.3 Å². The zero-order valence-electron chi connectivity index (χ0n) is 15.2. The first-order valence-electron chi connectivity index (χ1n) is 8.25. The van der Waals surface area contributed by atoms with Crippen LogP contribution in [0.5, 0.6) is 11.5 Å². The van der Waals surface area contributed by atoms with Crippen molar-refractivity contribution in [2.24, 2.45) is 0 Å². The summed E-state index contributed by atoms with van der Waals surface area (Å²) in [4.78, 5) is 24.7. The summed E-state index contributed by atoms with van der Waals surface area (Å²) in [6.45, 7) is 2.00. The Morgan fingerprint density at radius 1 is 1.15 bits per heavy atom. The van der Waals surface area contributed by atoms with Gasteiger partial charge >= 0.3 is 5.97 Å². The van der Waals surface area contributed by atoms with Crippen LogP contribution in [0.4, 0.5) is 5.69 Å². The van der Waals surface area contributed by atoms with E-state index in [-0.39, 0.29) is 12.5 Å². The van der Waals surface area contributed by atoms with Crippen molar-refractivity contribution in [2.75, 3.05) is 26.1 Å². The molecule has 1 N–H and O–H groups in total. The van der Waals surface area contributed by atoms with Gasteiger partial charge in [-0.15, -0.1) is 0 Å². The summed E-state index contributed by atoms with van der Waals surface area (Å²) < 4.78 is 17.1. The van der Waals surface area contributed by atoms with E-state index in [0.717, 1.165) is 0 Å². The lowest BCUT2D eigenvalue weighted by Gasteiger charge is -2.12. The Balaban J connectivity index is 1.92. The van der Waals surface area contributed by atoms with Gasteiger partial charge in [-0.1, -0.05) is 6.07 Å². The number of carbonyl (C=O) groups is 2. The van der Waals surface area contributed by atoms with E-state index in [4.69, 9.17) is 14.2 Å². The van der Waals surface area contributed by atoms with Gasteiger partial charge in [0, 0.05) is 11.9 Å². The molecule has 0 saturated heterocycles. The molecule has 140 valence electrons. The number of amides is 1. The van der Waals surface area contributed by atoms with E-state index in [1.54, 1.807) is 43.5 Å². The number of pyridine rings is 1. The predicted octanol–water partition coefficient (Wildman–Crippen LogP) is 2.78. The van der Waals surface area contributed by atoms with Crippen molar-refractivity contribution < 1.29 is 23.8 Å². The quantitative estimate of drug-likeness (QED) is 0.672. The number of hydrogen-bond acceptors (Lipinski definition) is 6. The second-order valence-electron chi connectivity index (χ2n) is 5.52. The fourth-order valence-electron chi connectivity index (χ4n) is 2.69. The molecule has 2 heterocycles. The van der Waals surface area contributed by atoms with Crippen LogP contribution < -0.4 is 14.8 Å². The summed E-state index contributed by atoms with van der Waals surface area (Å²) in [6, 6.07) is 8.39. The fourth-order valence-corrected chi connectivity index (χ4v) is 2.69. The summed E-state index contributed by atoms with van der Waals surface area (Å²) in [7, 11) is 2.97. The summed E-state index contributed by atoms with van der Waals surface area (Å²) in [5, 5.41) is 6.91. The minimum Gasteiger partial charge on any atom is -0.493 e. The summed E-state index contributed by atoms with van der Waals surface area (Å²) >= 11 is 0. The van der Waals surface area contributed by atoms with Crippen molar-refractivity contribution in [2.45, 2.75) is 6.92 Å². The summed E-state index contributed by atoms with van der Waals surface area (Å²) in [5.41, 5.74) is 1.69. The van der Waals surface area contributed by atoms with Crippen molar-refractivity contribution in [1.29, 1.82) is 0 Å². The molecule has 0 aliphatic rings. The number of anilines is 1. The van der Waals surface area contributed by atoms with Crippen LogP contribution in [-0.2, 0) is 4.74 Å². The third-order valence-corrected chi connectivity index (χ3v) is 3.92. The molecule has 1 amide bonds. The highest BCUT2D eigenvalue weighted by atomic mass is 16.5. The first-order chi connectivity index (χ1) is 13.1. The van der Waals surface area contributed by atoms with Crippen LogP contribution >= 0.6 is 0 Å². The Morgan fingerprint density at radius 2 is 1.96 bits per heavy atom. The normalized spacial score (nSPS) is 10.5. The Kier molecular flexibility index (Phi) is 5.25. The molecule has 0 aliphatic heterocycles. The van der Waals surface area contributed by atoms with Crippen LogP contribution in [0, 0.1) is 0 Å². The SMILES string of the molecule is CCOC(=O)c1cnn2ccc(NC(=O)c3cccc(OC)c3OC)cc12. The van der Waals surface area contributed by atoms with Gasteiger partial charge in [-0.2, -0.15) is 5.10 Å². The van der Waals surface area contributed by atoms with Gasteiger partial charge in [0.15, 0.2) is 11.5 Å². The highest BCUT2D eigenvalue weighted by molar-refractivity contribution is 6.07. The van der Waals surface area contributed by atoms with Gasteiger partial charge in [0.05, 0.1) is 38.1 Å². The number of ether oxygens (including phenoxy) is 3. The number of para-hydroxylation sites is 1. The minimum atomic E-state index is -0.467. The Labute approximate surface area is 155 Å². The first kappa shape index (κ1) is 18.2. The average Bonchev–Trinajstić information content (AvgIpc) is 3.10. The number of nitrogens with zero attached hydrogens (tertiary/aromatic N) is 2. The van der Waals surface area contributed by atoms with Crippen molar-refractivity contribution in [1.82, 2.24) is 9.61 Å². The number of benzene rings is 1. The molecule has 3 aromatic rings. The van der Waals surface area contributed by atoms with E-state index in [2.05, 4.69) is 10.4 Å². The molecule has 0 spiro atoms. The number of rotatable bonds is 6. The third kappa shape index (κ3) is 3.55. The molecular formula is C19H19N3O5. The van der Waals surface area contributed by atoms with Crippen LogP contribution in [0.25, 0.3) is 5.52 Å². The van der Waals surface area contributed by atoms with Gasteiger partial charge in [-0.25, -0.2) is 9.31 Å². The Hall–Kier alpha value is -3.55. The molecule has 8 nitrogen and oxygen atoms in total. The second kappa shape index (κ2) is 7.77. The highest BCUT2D eigenvalue weighted by Gasteiger charge is 2.18. The molecule has 3 rings (SSSR count). The second-order valence-corrected chi connectivity index (χ2v) is 5.52. The molecule has 2 aromatic heterocycles. The molecule has 0 aliphatic carbocycles. The lowest BCUT2D eigenvalue weighted by Crippen LogP contribution is -2.14. The van der Waals surface area contributed by atoms with Gasteiger partial charge in [-0.05, 0) is 31.2 Å². The molecule has 0 radical (unpaired) electrons. The van der Waals surface area contributed by atoms with Crippen molar-refractivity contribution in [3.8, 4) is 11.5 Å². The number of nitrogens with one attached hydrogen (secondary N) is 1. The molecule has 0 fully saturated rings. The largest absolute Gasteiger partial charge is 0.493 e. The zero-order valence-corrected chi connectivity index (χ0v) is 15.2. The molecular weight excluding hydrogens is 350 g/mol. The van der Waals surface area contributed by atoms with E-state index in [0.29, 0.717) is 33.8 Å². The van der Waals surface area contributed by atoms with Crippen molar-refractivity contribution >= 4 is 23.1 Å². The lowest BCUT2D eigenvalue weighted by atomic mass is 10.1. The van der Waals surface area contributed by atoms with Crippen molar-refractivity contribution in [3.63, 3.8) is 0 Å². The zero-order chi connectivity index (χ0) is 19.4. The molecule has 1 aromatic carbocycles. The number of carbonyl (C=O) groups excluding carboxylic acids is 2. The molecule has 0 bridgehead atoms. The predicted molar refractivity (Wildman–Crippen MR) is 98.6 cm³/mol. The maximum absolute atomic E-state index is 12.7. The number of aromatic nitrogens is 2. The number of methoxy groups -OCH3 is 2. The average molecular weight is 369 g/mol. The van der Waals surface area contributed by atoms with Gasteiger partial charge in [0.25, 0.3) is 5.91 Å². The molecule has 0 unspecified atom stereocenters. The first-order valence-corrected chi connectivity index (χ1v) is 8.25. The van der Waals surface area contributed by atoms with Crippen LogP contribution in [0.3, 0.4) is 0 Å². The van der Waals surface area contributed by atoms with E-state index < -0.39 is 5.97 Å². The van der Waals surface area contributed by atoms with Gasteiger partial charge in [0.1, 0.15) is 5.56 Å². The van der Waals surface area contributed by atoms with E-state index in [9.17, 15) is 9.59 Å². The van der Waals surface area contributed by atoms with E-state index >= 15 is 0 Å². The molecule has 0 saturated carbocycles.